The van der Waals surface area contributed by atoms with Gasteiger partial charge in [0.05, 0.1) is 40.3 Å². The molecule has 476 valence electrons. The molecule has 0 heterocycles. The van der Waals surface area contributed by atoms with Crippen molar-refractivity contribution in [3.63, 3.8) is 0 Å². The molecular formula is C76H119NO8. The van der Waals surface area contributed by atoms with Gasteiger partial charge in [0.25, 0.3) is 0 Å². The van der Waals surface area contributed by atoms with Gasteiger partial charge in [-0.25, -0.2) is 0 Å². The molecule has 0 aromatic rings. The van der Waals surface area contributed by atoms with Gasteiger partial charge >= 0.3 is 11.9 Å². The second-order valence-corrected chi connectivity index (χ2v) is 22.3. The highest BCUT2D eigenvalue weighted by molar-refractivity contribution is 5.70. The van der Waals surface area contributed by atoms with E-state index in [4.69, 9.17) is 18.9 Å². The lowest BCUT2D eigenvalue weighted by atomic mass is 10.1. The van der Waals surface area contributed by atoms with Gasteiger partial charge in [0.2, 0.25) is 0 Å². The van der Waals surface area contributed by atoms with E-state index >= 15 is 0 Å². The lowest BCUT2D eigenvalue weighted by molar-refractivity contribution is -0.870. The number of ether oxygens (including phenoxy) is 4. The molecule has 0 aromatic heterocycles. The number of aliphatic carboxylic acids is 1. The largest absolute Gasteiger partial charge is 0.545 e. The van der Waals surface area contributed by atoms with Crippen LogP contribution in [0.3, 0.4) is 0 Å². The molecular weight excluding hydrogens is 1050 g/mol. The minimum absolute atomic E-state index is 0.130. The van der Waals surface area contributed by atoms with E-state index in [9.17, 15) is 19.5 Å². The van der Waals surface area contributed by atoms with Crippen molar-refractivity contribution < 1.29 is 42.9 Å². The van der Waals surface area contributed by atoms with E-state index in [1.807, 2.05) is 21.1 Å². The fourth-order valence-electron chi connectivity index (χ4n) is 8.18. The summed E-state index contributed by atoms with van der Waals surface area (Å²) in [5.41, 5.74) is 0. The van der Waals surface area contributed by atoms with E-state index in [0.717, 1.165) is 148 Å². The lowest BCUT2D eigenvalue weighted by Gasteiger charge is -2.26. The highest BCUT2D eigenvalue weighted by atomic mass is 16.7. The number of nitrogens with zero attached hydrogens (tertiary/aromatic N) is 1. The maximum absolute atomic E-state index is 12.9. The van der Waals surface area contributed by atoms with Crippen molar-refractivity contribution in [2.75, 3.05) is 47.5 Å². The van der Waals surface area contributed by atoms with Crippen molar-refractivity contribution in [2.24, 2.45) is 0 Å². The molecule has 0 saturated carbocycles. The number of hydrogen-bond donors (Lipinski definition) is 0. The van der Waals surface area contributed by atoms with E-state index < -0.39 is 24.3 Å². The molecule has 0 aliphatic carbocycles. The first-order valence-corrected chi connectivity index (χ1v) is 32.9. The molecule has 0 bridgehead atoms. The summed E-state index contributed by atoms with van der Waals surface area (Å²) < 4.78 is 22.7. The van der Waals surface area contributed by atoms with Crippen LogP contribution in [-0.4, -0.2) is 82.3 Å². The Morgan fingerprint density at radius 2 is 0.635 bits per heavy atom. The van der Waals surface area contributed by atoms with Crippen molar-refractivity contribution in [3.8, 4) is 0 Å². The number of unbranched alkanes of at least 4 members (excludes halogenated alkanes) is 13. The van der Waals surface area contributed by atoms with Gasteiger partial charge in [-0.2, -0.15) is 0 Å². The highest BCUT2D eigenvalue weighted by Gasteiger charge is 2.22. The third-order valence-electron chi connectivity index (χ3n) is 13.1. The third kappa shape index (κ3) is 65.8. The van der Waals surface area contributed by atoms with Gasteiger partial charge in [-0.1, -0.05) is 254 Å². The van der Waals surface area contributed by atoms with Gasteiger partial charge in [0, 0.05) is 12.8 Å². The Balaban J connectivity index is 4.31. The number of allylic oxidation sites excluding steroid dienone is 30. The topological polar surface area (TPSA) is 111 Å². The third-order valence-corrected chi connectivity index (χ3v) is 13.1. The second-order valence-electron chi connectivity index (χ2n) is 22.3. The summed E-state index contributed by atoms with van der Waals surface area (Å²) in [6, 6.07) is 0. The quantitative estimate of drug-likeness (QED) is 0.0195. The molecule has 0 aromatic carbocycles. The summed E-state index contributed by atoms with van der Waals surface area (Å²) in [5.74, 6) is -2.36. The number of carbonyl (C=O) groups excluding carboxylic acids is 3. The standard InChI is InChI=1S/C76H119NO8/c1-6-8-10-12-14-16-18-20-22-24-26-28-30-31-32-33-34-35-36-37-38-39-40-41-42-43-45-47-49-51-53-55-57-59-61-63-65-67-74(79)85-72(71-84-76(75(80)81)82-69-68-77(3,4)5)70-83-73(78)66-64-62-60-58-56-54-52-50-48-46-44-29-27-25-23-21-19-17-15-13-11-9-7-2/h8-11,14-17,20-23,26-29,31-32,34-35,37-38,40-41,43,45,49,51,55,57,72,76H,6-7,12-13,18-19,24-25,30,33,36,39,42,44,46-48,50,52-54,56,58-71H2,1-5H3/b10-8-,11-9-,16-14-,17-15-,22-20-,23-21-,28-26-,29-27-,32-31-,35-34-,38-37-,41-40-,45-43-,51-49-,57-55-. The minimum atomic E-state index is -1.65. The molecule has 0 aliphatic rings. The first kappa shape index (κ1) is 79.4. The Labute approximate surface area is 519 Å². The molecule has 0 aliphatic heterocycles. The van der Waals surface area contributed by atoms with Gasteiger partial charge in [0.1, 0.15) is 13.2 Å². The Kier molecular flexibility index (Phi) is 60.1. The Morgan fingerprint density at radius 1 is 0.353 bits per heavy atom. The molecule has 0 rings (SSSR count). The van der Waals surface area contributed by atoms with Crippen molar-refractivity contribution in [1.82, 2.24) is 0 Å². The zero-order chi connectivity index (χ0) is 61.9. The zero-order valence-electron chi connectivity index (χ0n) is 54.1. The maximum Gasteiger partial charge on any atom is 0.306 e. The Morgan fingerprint density at radius 3 is 0.953 bits per heavy atom. The fourth-order valence-corrected chi connectivity index (χ4v) is 8.18. The van der Waals surface area contributed by atoms with Crippen molar-refractivity contribution in [2.45, 2.75) is 232 Å². The molecule has 85 heavy (non-hydrogen) atoms. The van der Waals surface area contributed by atoms with E-state index in [1.54, 1.807) is 0 Å². The number of carboxylic acid groups (broad SMARTS) is 1. The van der Waals surface area contributed by atoms with Crippen molar-refractivity contribution in [1.29, 1.82) is 0 Å². The van der Waals surface area contributed by atoms with Crippen LogP contribution in [0.5, 0.6) is 0 Å². The number of carbonyl (C=O) groups is 3. The minimum Gasteiger partial charge on any atom is -0.545 e. The summed E-state index contributed by atoms with van der Waals surface area (Å²) >= 11 is 0. The van der Waals surface area contributed by atoms with Gasteiger partial charge in [-0.15, -0.1) is 0 Å². The average molecular weight is 1170 g/mol. The van der Waals surface area contributed by atoms with Crippen LogP contribution in [0.25, 0.3) is 0 Å². The summed E-state index contributed by atoms with van der Waals surface area (Å²) in [4.78, 5) is 37.4. The van der Waals surface area contributed by atoms with Crippen LogP contribution in [0.2, 0.25) is 0 Å². The van der Waals surface area contributed by atoms with Gasteiger partial charge in [0.15, 0.2) is 12.4 Å². The number of rotatable bonds is 58. The second kappa shape index (κ2) is 64.4. The van der Waals surface area contributed by atoms with Crippen LogP contribution in [0, 0.1) is 0 Å². The lowest BCUT2D eigenvalue weighted by Crippen LogP contribution is -2.44. The van der Waals surface area contributed by atoms with E-state index in [1.165, 1.54) is 38.5 Å². The molecule has 0 saturated heterocycles. The number of esters is 2. The molecule has 9 nitrogen and oxygen atoms in total. The van der Waals surface area contributed by atoms with E-state index in [0.29, 0.717) is 17.4 Å². The number of quaternary nitrogens is 1. The van der Waals surface area contributed by atoms with E-state index in [-0.39, 0.29) is 38.6 Å². The van der Waals surface area contributed by atoms with Gasteiger partial charge in [-0.05, 0) is 135 Å². The monoisotopic (exact) mass is 1170 g/mol. The summed E-state index contributed by atoms with van der Waals surface area (Å²) in [7, 11) is 5.90. The predicted octanol–water partition coefficient (Wildman–Crippen LogP) is 19.1. The normalized spacial score (nSPS) is 13.9. The molecule has 2 atom stereocenters. The maximum atomic E-state index is 12.9. The summed E-state index contributed by atoms with van der Waals surface area (Å²) in [5, 5.41) is 11.8. The molecule has 0 radical (unpaired) electrons. The smallest absolute Gasteiger partial charge is 0.306 e. The number of likely N-dealkylation sites (N-methyl/N-ethyl adjacent to an activating group) is 1. The van der Waals surface area contributed by atoms with Gasteiger partial charge in [-0.3, -0.25) is 9.59 Å². The summed E-state index contributed by atoms with van der Waals surface area (Å²) in [6.07, 6.45) is 95.3. The molecule has 0 fully saturated rings. The van der Waals surface area contributed by atoms with E-state index in [2.05, 4.69) is 196 Å². The van der Waals surface area contributed by atoms with Crippen LogP contribution in [-0.2, 0) is 33.3 Å². The van der Waals surface area contributed by atoms with Gasteiger partial charge < -0.3 is 33.3 Å². The van der Waals surface area contributed by atoms with Crippen LogP contribution in [0.4, 0.5) is 0 Å². The van der Waals surface area contributed by atoms with Crippen molar-refractivity contribution >= 4 is 17.9 Å². The molecule has 0 N–H and O–H groups in total. The summed E-state index contributed by atoms with van der Waals surface area (Å²) in [6.45, 7) is 4.45. The Bertz CT molecular complexity index is 2050. The average Bonchev–Trinajstić information content (AvgIpc) is 3.48. The molecule has 9 heteroatoms. The van der Waals surface area contributed by atoms with Crippen molar-refractivity contribution in [3.05, 3.63) is 182 Å². The van der Waals surface area contributed by atoms with Crippen LogP contribution in [0.1, 0.15) is 219 Å². The SMILES string of the molecule is CC/C=C\C/C=C\C/C=C\C/C=C\C/C=C\C/C=C\C/C=C\C/C=C\C/C=C\C/C=C\C/C=C\CCCCCC(=O)OC(COC(=O)CCCCCCCCCCCC/C=C\C/C=C\C/C=C\C/C=C\CC)COC(OCC[N+](C)(C)C)C(=O)[O-]. The first-order valence-electron chi connectivity index (χ1n) is 32.9. The van der Waals surface area contributed by atoms with Crippen LogP contribution >= 0.6 is 0 Å². The molecule has 0 amide bonds. The van der Waals surface area contributed by atoms with Crippen LogP contribution in [0.15, 0.2) is 182 Å². The number of carboxylic acids is 1. The molecule has 2 unspecified atom stereocenters. The highest BCUT2D eigenvalue weighted by Crippen LogP contribution is 2.14. The zero-order valence-corrected chi connectivity index (χ0v) is 54.1. The molecule has 0 spiro atoms. The Hall–Kier alpha value is -5.61. The number of hydrogen-bond acceptors (Lipinski definition) is 8. The first-order chi connectivity index (χ1) is 41.6. The van der Waals surface area contributed by atoms with Crippen LogP contribution < -0.4 is 5.11 Å². The fraction of sp³-hybridized carbons (Fsp3) is 0.566. The predicted molar refractivity (Wildman–Crippen MR) is 361 cm³/mol.